The number of rotatable bonds is 2. The molecular weight excluding hydrogens is 358 g/mol. The summed E-state index contributed by atoms with van der Waals surface area (Å²) in [5, 5.41) is 9.13. The highest BCUT2D eigenvalue weighted by molar-refractivity contribution is 9.10. The van der Waals surface area contributed by atoms with Crippen molar-refractivity contribution in [1.29, 1.82) is 5.26 Å². The molecule has 4 heteroatoms. The Bertz CT molecular complexity index is 632. The summed E-state index contributed by atoms with van der Waals surface area (Å²) in [7, 11) is 0. The molecule has 0 radical (unpaired) electrons. The van der Waals surface area contributed by atoms with Crippen LogP contribution in [0.4, 0.5) is 0 Å². The average molecular weight is 367 g/mol. The molecule has 0 aliphatic carbocycles. The van der Waals surface area contributed by atoms with Crippen LogP contribution in [-0.2, 0) is 0 Å². The highest BCUT2D eigenvalue weighted by atomic mass is 79.9. The van der Waals surface area contributed by atoms with Crippen molar-refractivity contribution in [3.63, 3.8) is 0 Å². The minimum Gasteiger partial charge on any atom is -0.456 e. The van der Waals surface area contributed by atoms with Crippen LogP contribution in [0.15, 0.2) is 45.3 Å². The lowest BCUT2D eigenvalue weighted by Crippen LogP contribution is -1.91. The Labute approximate surface area is 122 Å². The molecule has 2 aromatic rings. The third-order valence-corrected chi connectivity index (χ3v) is 3.61. The third kappa shape index (κ3) is 2.74. The van der Waals surface area contributed by atoms with Gasteiger partial charge in [-0.3, -0.25) is 0 Å². The second kappa shape index (κ2) is 5.55. The molecule has 2 rings (SSSR count). The van der Waals surface area contributed by atoms with Crippen molar-refractivity contribution in [2.75, 3.05) is 0 Å². The second-order valence-corrected chi connectivity index (χ2v) is 5.51. The normalized spacial score (nSPS) is 9.89. The molecule has 0 atom stereocenters. The molecule has 2 nitrogen and oxygen atoms in total. The van der Waals surface area contributed by atoms with Gasteiger partial charge in [0.2, 0.25) is 0 Å². The fraction of sp³-hybridized carbons (Fsp3) is 0.0714. The fourth-order valence-corrected chi connectivity index (χ4v) is 2.28. The Hall–Kier alpha value is -1.31. The van der Waals surface area contributed by atoms with Crippen molar-refractivity contribution in [1.82, 2.24) is 0 Å². The summed E-state index contributed by atoms with van der Waals surface area (Å²) < 4.78 is 7.48. The van der Waals surface area contributed by atoms with Crippen molar-refractivity contribution in [3.05, 3.63) is 56.5 Å². The zero-order valence-corrected chi connectivity index (χ0v) is 12.7. The molecule has 0 aliphatic heterocycles. The van der Waals surface area contributed by atoms with Gasteiger partial charge in [-0.15, -0.1) is 0 Å². The molecule has 2 aromatic carbocycles. The highest BCUT2D eigenvalue weighted by Gasteiger charge is 2.09. The molecular formula is C14H9Br2NO. The van der Waals surface area contributed by atoms with E-state index in [1.807, 2.05) is 37.3 Å². The largest absolute Gasteiger partial charge is 0.456 e. The van der Waals surface area contributed by atoms with E-state index in [2.05, 4.69) is 37.9 Å². The summed E-state index contributed by atoms with van der Waals surface area (Å²) in [5.74, 6) is 1.28. The van der Waals surface area contributed by atoms with Crippen LogP contribution in [0.2, 0.25) is 0 Å². The first-order chi connectivity index (χ1) is 8.61. The predicted molar refractivity (Wildman–Crippen MR) is 77.8 cm³/mol. The summed E-state index contributed by atoms with van der Waals surface area (Å²) in [4.78, 5) is 0. The number of halogens is 2. The first kappa shape index (κ1) is 13.1. The van der Waals surface area contributed by atoms with E-state index in [4.69, 9.17) is 10.00 Å². The van der Waals surface area contributed by atoms with Crippen LogP contribution in [0.3, 0.4) is 0 Å². The maximum Gasteiger partial charge on any atom is 0.146 e. The molecule has 0 spiro atoms. The third-order valence-electron chi connectivity index (χ3n) is 2.46. The molecule has 0 bridgehead atoms. The fourth-order valence-electron chi connectivity index (χ4n) is 1.50. The van der Waals surface area contributed by atoms with Gasteiger partial charge in [-0.2, -0.15) is 5.26 Å². The first-order valence-corrected chi connectivity index (χ1v) is 6.83. The van der Waals surface area contributed by atoms with Crippen molar-refractivity contribution in [2.45, 2.75) is 6.92 Å². The topological polar surface area (TPSA) is 33.0 Å². The number of ether oxygens (including phenoxy) is 1. The molecule has 0 amide bonds. The Morgan fingerprint density at radius 2 is 1.89 bits per heavy atom. The van der Waals surface area contributed by atoms with Gasteiger partial charge in [-0.05, 0) is 52.7 Å². The quantitative estimate of drug-likeness (QED) is 0.733. The molecule has 0 N–H and O–H groups in total. The zero-order valence-electron chi connectivity index (χ0n) is 9.58. The van der Waals surface area contributed by atoms with E-state index in [0.29, 0.717) is 11.3 Å². The number of aryl methyl sites for hydroxylation is 1. The van der Waals surface area contributed by atoms with Crippen LogP contribution in [0.5, 0.6) is 11.5 Å². The lowest BCUT2D eigenvalue weighted by atomic mass is 10.2. The van der Waals surface area contributed by atoms with E-state index in [9.17, 15) is 0 Å². The summed E-state index contributed by atoms with van der Waals surface area (Å²) >= 11 is 6.75. The van der Waals surface area contributed by atoms with Crippen LogP contribution >= 0.6 is 31.9 Å². The van der Waals surface area contributed by atoms with Gasteiger partial charge in [0, 0.05) is 8.95 Å². The van der Waals surface area contributed by atoms with Crippen LogP contribution < -0.4 is 4.74 Å². The van der Waals surface area contributed by atoms with Gasteiger partial charge in [0.15, 0.2) is 0 Å². The number of benzene rings is 2. The smallest absolute Gasteiger partial charge is 0.146 e. The molecule has 0 saturated heterocycles. The molecule has 0 fully saturated rings. The Morgan fingerprint density at radius 3 is 2.61 bits per heavy atom. The number of nitriles is 1. The van der Waals surface area contributed by atoms with Gasteiger partial charge in [0.1, 0.15) is 23.1 Å². The molecule has 0 aliphatic rings. The summed E-state index contributed by atoms with van der Waals surface area (Å²) in [6.45, 7) is 1.96. The summed E-state index contributed by atoms with van der Waals surface area (Å²) in [5.41, 5.74) is 1.51. The Kier molecular flexibility index (Phi) is 4.05. The van der Waals surface area contributed by atoms with E-state index in [0.717, 1.165) is 20.3 Å². The number of hydrogen-bond acceptors (Lipinski definition) is 2. The van der Waals surface area contributed by atoms with Gasteiger partial charge < -0.3 is 4.74 Å². The van der Waals surface area contributed by atoms with Crippen LogP contribution in [0.1, 0.15) is 11.1 Å². The maximum atomic E-state index is 9.13. The standard InChI is InChI=1S/C14H9Br2NO/c1-9-5-6-10(15)7-14(9)18-13-4-2-3-12(16)11(13)8-17/h2-7H,1H3. The van der Waals surface area contributed by atoms with Gasteiger partial charge in [0.05, 0.1) is 0 Å². The van der Waals surface area contributed by atoms with E-state index in [1.54, 1.807) is 6.07 Å². The first-order valence-electron chi connectivity index (χ1n) is 5.24. The van der Waals surface area contributed by atoms with Gasteiger partial charge in [-0.1, -0.05) is 28.1 Å². The lowest BCUT2D eigenvalue weighted by molar-refractivity contribution is 0.476. The minimum atomic E-state index is 0.497. The minimum absolute atomic E-state index is 0.497. The van der Waals surface area contributed by atoms with Crippen LogP contribution in [0, 0.1) is 18.3 Å². The van der Waals surface area contributed by atoms with E-state index < -0.39 is 0 Å². The zero-order chi connectivity index (χ0) is 13.1. The number of hydrogen-bond donors (Lipinski definition) is 0. The van der Waals surface area contributed by atoms with Crippen LogP contribution in [-0.4, -0.2) is 0 Å². The molecule has 0 aromatic heterocycles. The number of nitrogens with zero attached hydrogens (tertiary/aromatic N) is 1. The van der Waals surface area contributed by atoms with Gasteiger partial charge in [0.25, 0.3) is 0 Å². The second-order valence-electron chi connectivity index (χ2n) is 3.74. The highest BCUT2D eigenvalue weighted by Crippen LogP contribution is 2.32. The maximum absolute atomic E-state index is 9.13. The molecule has 18 heavy (non-hydrogen) atoms. The van der Waals surface area contributed by atoms with Crippen LogP contribution in [0.25, 0.3) is 0 Å². The Morgan fingerprint density at radius 1 is 1.11 bits per heavy atom. The van der Waals surface area contributed by atoms with Crippen molar-refractivity contribution < 1.29 is 4.74 Å². The predicted octanol–water partition coefficient (Wildman–Crippen LogP) is 5.18. The molecule has 0 heterocycles. The molecule has 90 valence electrons. The van der Waals surface area contributed by atoms with Crippen molar-refractivity contribution in [2.24, 2.45) is 0 Å². The van der Waals surface area contributed by atoms with E-state index in [-0.39, 0.29) is 0 Å². The molecule has 0 unspecified atom stereocenters. The Balaban J connectivity index is 2.44. The SMILES string of the molecule is Cc1ccc(Br)cc1Oc1cccc(Br)c1C#N. The van der Waals surface area contributed by atoms with Gasteiger partial charge >= 0.3 is 0 Å². The molecule has 0 saturated carbocycles. The lowest BCUT2D eigenvalue weighted by Gasteiger charge is -2.11. The summed E-state index contributed by atoms with van der Waals surface area (Å²) in [6, 6.07) is 13.4. The monoisotopic (exact) mass is 365 g/mol. The van der Waals surface area contributed by atoms with Gasteiger partial charge in [-0.25, -0.2) is 0 Å². The van der Waals surface area contributed by atoms with E-state index >= 15 is 0 Å². The van der Waals surface area contributed by atoms with E-state index in [1.165, 1.54) is 0 Å². The van der Waals surface area contributed by atoms with Crippen molar-refractivity contribution in [3.8, 4) is 17.6 Å². The summed E-state index contributed by atoms with van der Waals surface area (Å²) in [6.07, 6.45) is 0. The average Bonchev–Trinajstić information content (AvgIpc) is 2.34. The van der Waals surface area contributed by atoms with Crippen molar-refractivity contribution >= 4 is 31.9 Å².